The van der Waals surface area contributed by atoms with Crippen LogP contribution in [0.4, 0.5) is 4.39 Å². The first-order valence-electron chi connectivity index (χ1n) is 6.67. The summed E-state index contributed by atoms with van der Waals surface area (Å²) in [5, 5.41) is 0. The van der Waals surface area contributed by atoms with Crippen LogP contribution >= 0.6 is 0 Å². The van der Waals surface area contributed by atoms with Crippen molar-refractivity contribution in [2.45, 2.75) is 23.8 Å². The predicted molar refractivity (Wildman–Crippen MR) is 75.4 cm³/mol. The number of benzene rings is 1. The standard InChI is InChI=1S/C13H18FN3O3S/c14-10-1-3-12(4-2-10)21(19,20)16-7-5-13(18)17-8-6-11(15)9-17/h1-4,11,16H,5-9,15H2/t11-/m1/s1. The SMILES string of the molecule is N[C@@H]1CCN(C(=O)CCNS(=O)(=O)c2ccc(F)cc2)C1. The topological polar surface area (TPSA) is 92.5 Å². The van der Waals surface area contributed by atoms with Crippen molar-refractivity contribution in [3.8, 4) is 0 Å². The lowest BCUT2D eigenvalue weighted by atomic mass is 10.3. The Balaban J connectivity index is 1.85. The van der Waals surface area contributed by atoms with Crippen molar-refractivity contribution in [3.05, 3.63) is 30.1 Å². The summed E-state index contributed by atoms with van der Waals surface area (Å²) < 4.78 is 38.9. The van der Waals surface area contributed by atoms with Gasteiger partial charge < -0.3 is 10.6 Å². The third kappa shape index (κ3) is 4.23. The fourth-order valence-corrected chi connectivity index (χ4v) is 3.19. The Hall–Kier alpha value is -1.51. The zero-order valence-electron chi connectivity index (χ0n) is 11.5. The fraction of sp³-hybridized carbons (Fsp3) is 0.462. The van der Waals surface area contributed by atoms with Crippen LogP contribution in [0.5, 0.6) is 0 Å². The number of rotatable bonds is 5. The van der Waals surface area contributed by atoms with E-state index < -0.39 is 15.8 Å². The van der Waals surface area contributed by atoms with Crippen LogP contribution in [0.3, 0.4) is 0 Å². The van der Waals surface area contributed by atoms with Gasteiger partial charge in [0, 0.05) is 32.1 Å². The molecule has 0 bridgehead atoms. The van der Waals surface area contributed by atoms with E-state index in [4.69, 9.17) is 5.73 Å². The van der Waals surface area contributed by atoms with Crippen LogP contribution in [0.25, 0.3) is 0 Å². The number of carbonyl (C=O) groups excluding carboxylic acids is 1. The number of halogens is 1. The highest BCUT2D eigenvalue weighted by Gasteiger charge is 2.23. The third-order valence-corrected chi connectivity index (χ3v) is 4.81. The summed E-state index contributed by atoms with van der Waals surface area (Å²) in [7, 11) is -3.72. The quantitative estimate of drug-likeness (QED) is 0.803. The van der Waals surface area contributed by atoms with Crippen molar-refractivity contribution >= 4 is 15.9 Å². The van der Waals surface area contributed by atoms with Gasteiger partial charge in [-0.25, -0.2) is 17.5 Å². The van der Waals surface area contributed by atoms with Gasteiger partial charge in [0.05, 0.1) is 4.90 Å². The van der Waals surface area contributed by atoms with Gasteiger partial charge in [-0.05, 0) is 30.7 Å². The van der Waals surface area contributed by atoms with Crippen molar-refractivity contribution in [2.24, 2.45) is 5.73 Å². The summed E-state index contributed by atoms with van der Waals surface area (Å²) in [5.41, 5.74) is 5.71. The first kappa shape index (κ1) is 15.9. The molecule has 0 aliphatic carbocycles. The molecule has 21 heavy (non-hydrogen) atoms. The highest BCUT2D eigenvalue weighted by molar-refractivity contribution is 7.89. The number of amides is 1. The maximum Gasteiger partial charge on any atom is 0.240 e. The molecule has 1 aromatic rings. The van der Waals surface area contributed by atoms with Gasteiger partial charge in [0.1, 0.15) is 5.82 Å². The molecule has 8 heteroatoms. The maximum absolute atomic E-state index is 12.8. The average Bonchev–Trinajstić information content (AvgIpc) is 2.86. The van der Waals surface area contributed by atoms with E-state index in [1.807, 2.05) is 0 Å². The summed E-state index contributed by atoms with van der Waals surface area (Å²) in [6.45, 7) is 1.14. The zero-order chi connectivity index (χ0) is 15.5. The molecular formula is C13H18FN3O3S. The summed E-state index contributed by atoms with van der Waals surface area (Å²) >= 11 is 0. The van der Waals surface area contributed by atoms with Gasteiger partial charge in [0.15, 0.2) is 0 Å². The Kier molecular flexibility index (Phi) is 4.92. The van der Waals surface area contributed by atoms with Gasteiger partial charge in [-0.3, -0.25) is 4.79 Å². The van der Waals surface area contributed by atoms with Crippen molar-refractivity contribution < 1.29 is 17.6 Å². The second kappa shape index (κ2) is 6.50. The van der Waals surface area contributed by atoms with E-state index in [-0.39, 0.29) is 29.8 Å². The number of carbonyl (C=O) groups is 1. The molecule has 1 saturated heterocycles. The van der Waals surface area contributed by atoms with Crippen molar-refractivity contribution in [1.29, 1.82) is 0 Å². The lowest BCUT2D eigenvalue weighted by Gasteiger charge is -2.15. The van der Waals surface area contributed by atoms with Crippen molar-refractivity contribution in [2.75, 3.05) is 19.6 Å². The molecule has 0 spiro atoms. The van der Waals surface area contributed by atoms with E-state index in [0.29, 0.717) is 13.1 Å². The molecule has 0 aromatic heterocycles. The van der Waals surface area contributed by atoms with Crippen LogP contribution in [-0.4, -0.2) is 44.9 Å². The number of nitrogens with two attached hydrogens (primary N) is 1. The Labute approximate surface area is 123 Å². The lowest BCUT2D eigenvalue weighted by Crippen LogP contribution is -2.34. The normalized spacial score (nSPS) is 19.0. The van der Waals surface area contributed by atoms with Gasteiger partial charge in [0.25, 0.3) is 0 Å². The monoisotopic (exact) mass is 315 g/mol. The molecule has 1 heterocycles. The van der Waals surface area contributed by atoms with E-state index in [2.05, 4.69) is 4.72 Å². The summed E-state index contributed by atoms with van der Waals surface area (Å²) in [6.07, 6.45) is 0.847. The van der Waals surface area contributed by atoms with Gasteiger partial charge >= 0.3 is 0 Å². The first-order chi connectivity index (χ1) is 9.88. The van der Waals surface area contributed by atoms with Crippen molar-refractivity contribution in [3.63, 3.8) is 0 Å². The molecule has 0 radical (unpaired) electrons. The molecule has 1 atom stereocenters. The first-order valence-corrected chi connectivity index (χ1v) is 8.15. The van der Waals surface area contributed by atoms with Crippen LogP contribution in [0, 0.1) is 5.82 Å². The minimum atomic E-state index is -3.72. The molecule has 6 nitrogen and oxygen atoms in total. The number of hydrogen-bond donors (Lipinski definition) is 2. The largest absolute Gasteiger partial charge is 0.341 e. The molecule has 1 aliphatic heterocycles. The molecule has 0 unspecified atom stereocenters. The Morgan fingerprint density at radius 1 is 1.38 bits per heavy atom. The Morgan fingerprint density at radius 2 is 2.05 bits per heavy atom. The van der Waals surface area contributed by atoms with Crippen LogP contribution in [0.1, 0.15) is 12.8 Å². The van der Waals surface area contributed by atoms with Crippen LogP contribution < -0.4 is 10.5 Å². The number of nitrogens with zero attached hydrogens (tertiary/aromatic N) is 1. The van der Waals surface area contributed by atoms with Gasteiger partial charge in [-0.15, -0.1) is 0 Å². The van der Waals surface area contributed by atoms with Crippen LogP contribution in [-0.2, 0) is 14.8 Å². The number of sulfonamides is 1. The van der Waals surface area contributed by atoms with Gasteiger partial charge in [-0.1, -0.05) is 0 Å². The molecule has 116 valence electrons. The molecular weight excluding hydrogens is 297 g/mol. The second-order valence-corrected chi connectivity index (χ2v) is 6.76. The zero-order valence-corrected chi connectivity index (χ0v) is 12.3. The fourth-order valence-electron chi connectivity index (χ4n) is 2.16. The number of hydrogen-bond acceptors (Lipinski definition) is 4. The molecule has 1 amide bonds. The number of nitrogens with one attached hydrogen (secondary N) is 1. The van der Waals surface area contributed by atoms with E-state index in [1.54, 1.807) is 4.90 Å². The second-order valence-electron chi connectivity index (χ2n) is 4.99. The summed E-state index contributed by atoms with van der Waals surface area (Å²) in [5.74, 6) is -0.626. The summed E-state index contributed by atoms with van der Waals surface area (Å²) in [6, 6.07) is 4.51. The molecule has 1 aliphatic rings. The van der Waals surface area contributed by atoms with Crippen molar-refractivity contribution in [1.82, 2.24) is 9.62 Å². The van der Waals surface area contributed by atoms with E-state index in [9.17, 15) is 17.6 Å². The highest BCUT2D eigenvalue weighted by Crippen LogP contribution is 2.10. The lowest BCUT2D eigenvalue weighted by molar-refractivity contribution is -0.130. The maximum atomic E-state index is 12.8. The molecule has 3 N–H and O–H groups in total. The molecule has 0 saturated carbocycles. The molecule has 2 rings (SSSR count). The average molecular weight is 315 g/mol. The number of likely N-dealkylation sites (tertiary alicyclic amines) is 1. The van der Waals surface area contributed by atoms with E-state index >= 15 is 0 Å². The van der Waals surface area contributed by atoms with Crippen LogP contribution in [0.15, 0.2) is 29.2 Å². The Morgan fingerprint density at radius 3 is 2.62 bits per heavy atom. The van der Waals surface area contributed by atoms with E-state index in [1.165, 1.54) is 12.1 Å². The minimum absolute atomic E-state index is 0.00425. The predicted octanol–water partition coefficient (Wildman–Crippen LogP) is 0.0537. The van der Waals surface area contributed by atoms with Gasteiger partial charge in [-0.2, -0.15) is 0 Å². The summed E-state index contributed by atoms with van der Waals surface area (Å²) in [4.78, 5) is 13.5. The molecule has 1 fully saturated rings. The van der Waals surface area contributed by atoms with Gasteiger partial charge in [0.2, 0.25) is 15.9 Å². The smallest absolute Gasteiger partial charge is 0.240 e. The van der Waals surface area contributed by atoms with E-state index in [0.717, 1.165) is 18.6 Å². The van der Waals surface area contributed by atoms with Crippen LogP contribution in [0.2, 0.25) is 0 Å². The Bertz CT molecular complexity index is 604. The molecule has 1 aromatic carbocycles. The minimum Gasteiger partial charge on any atom is -0.341 e. The third-order valence-electron chi connectivity index (χ3n) is 3.33. The highest BCUT2D eigenvalue weighted by atomic mass is 32.2.